The van der Waals surface area contributed by atoms with Crippen molar-refractivity contribution in [2.24, 2.45) is 0 Å². The molecule has 0 saturated carbocycles. The van der Waals surface area contributed by atoms with Crippen LogP contribution in [0.2, 0.25) is 5.02 Å². The van der Waals surface area contributed by atoms with Gasteiger partial charge < -0.3 is 10.1 Å². The normalized spacial score (nSPS) is 11.0. The Balaban J connectivity index is 1.74. The lowest BCUT2D eigenvalue weighted by Crippen LogP contribution is -2.13. The number of carbonyl (C=O) groups excluding carboxylic acids is 1. The Morgan fingerprint density at radius 1 is 1.13 bits per heavy atom. The van der Waals surface area contributed by atoms with Crippen LogP contribution in [0.4, 0.5) is 10.1 Å². The fourth-order valence-corrected chi connectivity index (χ4v) is 3.21. The first-order valence-corrected chi connectivity index (χ1v) is 10.1. The molecular weight excluding hydrogens is 415 g/mol. The zero-order valence-corrected chi connectivity index (χ0v) is 17.6. The molecule has 0 radical (unpaired) electrons. The number of ether oxygens (including phenoxy) is 1. The molecule has 0 saturated heterocycles. The summed E-state index contributed by atoms with van der Waals surface area (Å²) in [5.74, 6) is -0.125. The molecule has 0 aliphatic carbocycles. The summed E-state index contributed by atoms with van der Waals surface area (Å²) in [6.45, 7) is 2.44. The fraction of sp³-hybridized carbons (Fsp3) is 0.120. The van der Waals surface area contributed by atoms with Gasteiger partial charge in [-0.1, -0.05) is 41.9 Å². The van der Waals surface area contributed by atoms with Crippen LogP contribution in [-0.4, -0.2) is 12.5 Å². The summed E-state index contributed by atoms with van der Waals surface area (Å²) in [5.41, 5.74) is 2.38. The number of nitriles is 1. The summed E-state index contributed by atoms with van der Waals surface area (Å²) in [6, 6.07) is 20.5. The van der Waals surface area contributed by atoms with E-state index in [1.807, 2.05) is 13.0 Å². The molecule has 6 heteroatoms. The lowest BCUT2D eigenvalue weighted by Gasteiger charge is -2.08. The number of hydrogen-bond donors (Lipinski definition) is 1. The van der Waals surface area contributed by atoms with Crippen molar-refractivity contribution < 1.29 is 13.9 Å². The Bertz CT molecular complexity index is 1150. The van der Waals surface area contributed by atoms with E-state index in [1.165, 1.54) is 12.1 Å². The number of nitrogens with zero attached hydrogens (tertiary/aromatic N) is 1. The molecule has 0 bridgehead atoms. The van der Waals surface area contributed by atoms with Crippen molar-refractivity contribution in [1.82, 2.24) is 0 Å². The van der Waals surface area contributed by atoms with Gasteiger partial charge in [-0.05, 0) is 66.1 Å². The summed E-state index contributed by atoms with van der Waals surface area (Å²) >= 11 is 6.36. The number of halogens is 2. The summed E-state index contributed by atoms with van der Waals surface area (Å²) < 4.78 is 19.3. The summed E-state index contributed by atoms with van der Waals surface area (Å²) in [5, 5.41) is 12.5. The molecule has 0 aromatic heterocycles. The average molecular weight is 435 g/mol. The summed E-state index contributed by atoms with van der Waals surface area (Å²) in [4.78, 5) is 12.5. The van der Waals surface area contributed by atoms with Gasteiger partial charge in [-0.15, -0.1) is 0 Å². The molecule has 0 atom stereocenters. The van der Waals surface area contributed by atoms with E-state index in [1.54, 1.807) is 60.7 Å². The minimum atomic E-state index is -0.529. The van der Waals surface area contributed by atoms with Gasteiger partial charge in [0, 0.05) is 17.1 Å². The van der Waals surface area contributed by atoms with Crippen LogP contribution < -0.4 is 10.1 Å². The van der Waals surface area contributed by atoms with Crippen molar-refractivity contribution in [1.29, 1.82) is 5.26 Å². The molecule has 156 valence electrons. The molecule has 0 aliphatic rings. The number of hydrogen-bond acceptors (Lipinski definition) is 3. The average Bonchev–Trinajstić information content (AvgIpc) is 2.76. The topological polar surface area (TPSA) is 62.1 Å². The van der Waals surface area contributed by atoms with Gasteiger partial charge in [-0.3, -0.25) is 4.79 Å². The van der Waals surface area contributed by atoms with Crippen LogP contribution in [0.25, 0.3) is 6.08 Å². The standard InChI is InChI=1S/C25H20ClFN2O2/c1-2-31-22-11-9-21(10-12-22)29-25(30)20(16-28)13-17-7-8-18(23(26)14-17)15-19-5-3-4-6-24(19)27/h3-14H,2,15H2,1H3,(H,29,30)/b20-13+. The maximum atomic E-state index is 13.9. The lowest BCUT2D eigenvalue weighted by atomic mass is 10.0. The van der Waals surface area contributed by atoms with E-state index in [2.05, 4.69) is 5.32 Å². The van der Waals surface area contributed by atoms with Crippen molar-refractivity contribution >= 4 is 29.3 Å². The van der Waals surface area contributed by atoms with Crippen LogP contribution >= 0.6 is 11.6 Å². The van der Waals surface area contributed by atoms with Gasteiger partial charge in [0.15, 0.2) is 0 Å². The molecule has 0 unspecified atom stereocenters. The number of benzene rings is 3. The molecule has 4 nitrogen and oxygen atoms in total. The van der Waals surface area contributed by atoms with E-state index in [0.717, 1.165) is 5.56 Å². The van der Waals surface area contributed by atoms with Crippen molar-refractivity contribution in [3.05, 3.63) is 99.8 Å². The SMILES string of the molecule is CCOc1ccc(NC(=O)/C(C#N)=C/c2ccc(Cc3ccccc3F)c(Cl)c2)cc1. The molecule has 3 aromatic carbocycles. The van der Waals surface area contributed by atoms with Crippen LogP contribution in [0.3, 0.4) is 0 Å². The molecule has 31 heavy (non-hydrogen) atoms. The van der Waals surface area contributed by atoms with Gasteiger partial charge in [0.05, 0.1) is 6.61 Å². The van der Waals surface area contributed by atoms with Gasteiger partial charge in [-0.25, -0.2) is 4.39 Å². The number of anilines is 1. The van der Waals surface area contributed by atoms with Gasteiger partial charge >= 0.3 is 0 Å². The quantitative estimate of drug-likeness (QED) is 0.365. The predicted octanol–water partition coefficient (Wildman–Crippen LogP) is 6.01. The van der Waals surface area contributed by atoms with Gasteiger partial charge in [0.25, 0.3) is 5.91 Å². The highest BCUT2D eigenvalue weighted by Crippen LogP contribution is 2.24. The fourth-order valence-electron chi connectivity index (χ4n) is 2.96. The van der Waals surface area contributed by atoms with Gasteiger partial charge in [-0.2, -0.15) is 5.26 Å². The Morgan fingerprint density at radius 2 is 1.87 bits per heavy atom. The van der Waals surface area contributed by atoms with Gasteiger partial charge in [0.1, 0.15) is 23.2 Å². The lowest BCUT2D eigenvalue weighted by molar-refractivity contribution is -0.112. The molecule has 1 N–H and O–H groups in total. The van der Waals surface area contributed by atoms with Crippen molar-refractivity contribution in [3.8, 4) is 11.8 Å². The van der Waals surface area contributed by atoms with E-state index < -0.39 is 5.91 Å². The Labute approximate surface area is 185 Å². The molecule has 1 amide bonds. The van der Waals surface area contributed by atoms with Crippen LogP contribution in [0, 0.1) is 17.1 Å². The molecule has 0 fully saturated rings. The highest BCUT2D eigenvalue weighted by atomic mass is 35.5. The second-order valence-electron chi connectivity index (χ2n) is 6.70. The first-order chi connectivity index (χ1) is 15.0. The molecule has 0 spiro atoms. The predicted molar refractivity (Wildman–Crippen MR) is 120 cm³/mol. The highest BCUT2D eigenvalue weighted by molar-refractivity contribution is 6.31. The van der Waals surface area contributed by atoms with Crippen LogP contribution in [0.15, 0.2) is 72.3 Å². The zero-order chi connectivity index (χ0) is 22.2. The number of nitrogens with one attached hydrogen (secondary N) is 1. The third kappa shape index (κ3) is 5.94. The van der Waals surface area contributed by atoms with E-state index in [0.29, 0.717) is 40.6 Å². The van der Waals surface area contributed by atoms with E-state index in [4.69, 9.17) is 16.3 Å². The largest absolute Gasteiger partial charge is 0.494 e. The minimum Gasteiger partial charge on any atom is -0.494 e. The smallest absolute Gasteiger partial charge is 0.266 e. The number of rotatable bonds is 7. The zero-order valence-electron chi connectivity index (χ0n) is 16.9. The number of carbonyl (C=O) groups is 1. The van der Waals surface area contributed by atoms with Crippen LogP contribution in [0.5, 0.6) is 5.75 Å². The maximum absolute atomic E-state index is 13.9. The monoisotopic (exact) mass is 434 g/mol. The van der Waals surface area contributed by atoms with Crippen LogP contribution in [-0.2, 0) is 11.2 Å². The van der Waals surface area contributed by atoms with E-state index in [-0.39, 0.29) is 11.4 Å². The third-order valence-electron chi connectivity index (χ3n) is 4.52. The van der Waals surface area contributed by atoms with Crippen molar-refractivity contribution in [2.45, 2.75) is 13.3 Å². The van der Waals surface area contributed by atoms with E-state index >= 15 is 0 Å². The van der Waals surface area contributed by atoms with Gasteiger partial charge in [0.2, 0.25) is 0 Å². The van der Waals surface area contributed by atoms with Crippen molar-refractivity contribution in [3.63, 3.8) is 0 Å². The second-order valence-corrected chi connectivity index (χ2v) is 7.11. The number of amides is 1. The minimum absolute atomic E-state index is 0.0631. The second kappa shape index (κ2) is 10.4. The third-order valence-corrected chi connectivity index (χ3v) is 4.87. The first kappa shape index (κ1) is 22.1. The highest BCUT2D eigenvalue weighted by Gasteiger charge is 2.11. The Kier molecular flexibility index (Phi) is 7.42. The van der Waals surface area contributed by atoms with Crippen LogP contribution in [0.1, 0.15) is 23.6 Å². The Hall–Kier alpha value is -3.62. The molecule has 0 heterocycles. The molecule has 0 aliphatic heterocycles. The molecule has 3 rings (SSSR count). The van der Waals surface area contributed by atoms with E-state index in [9.17, 15) is 14.4 Å². The maximum Gasteiger partial charge on any atom is 0.266 e. The molecule has 3 aromatic rings. The summed E-state index contributed by atoms with van der Waals surface area (Å²) in [7, 11) is 0. The molecular formula is C25H20ClFN2O2. The first-order valence-electron chi connectivity index (χ1n) is 9.68. The Morgan fingerprint density at radius 3 is 2.52 bits per heavy atom. The van der Waals surface area contributed by atoms with Crippen molar-refractivity contribution in [2.75, 3.05) is 11.9 Å². The summed E-state index contributed by atoms with van der Waals surface area (Å²) in [6.07, 6.45) is 1.81.